The second-order valence-corrected chi connectivity index (χ2v) is 7.92. The lowest BCUT2D eigenvalue weighted by Crippen LogP contribution is -2.45. The van der Waals surface area contributed by atoms with E-state index in [0.29, 0.717) is 39.0 Å². The minimum atomic E-state index is -0.311. The lowest BCUT2D eigenvalue weighted by Gasteiger charge is -2.33. The third kappa shape index (κ3) is 4.50. The second-order valence-electron chi connectivity index (χ2n) is 7.92. The van der Waals surface area contributed by atoms with Gasteiger partial charge in [-0.15, -0.1) is 0 Å². The number of nitrogens with one attached hydrogen (secondary N) is 1. The number of amides is 3. The van der Waals surface area contributed by atoms with E-state index in [0.717, 1.165) is 11.3 Å². The molecule has 0 radical (unpaired) electrons. The molecule has 2 fully saturated rings. The van der Waals surface area contributed by atoms with Crippen LogP contribution in [0.2, 0.25) is 0 Å². The van der Waals surface area contributed by atoms with Crippen molar-refractivity contribution in [2.45, 2.75) is 25.8 Å². The van der Waals surface area contributed by atoms with E-state index in [2.05, 4.69) is 10.3 Å². The Morgan fingerprint density at radius 1 is 1.03 bits per heavy atom. The first kappa shape index (κ1) is 20.1. The first-order chi connectivity index (χ1) is 14.6. The van der Waals surface area contributed by atoms with Crippen LogP contribution in [0.4, 0.5) is 5.69 Å². The fraction of sp³-hybridized carbons (Fsp3) is 0.391. The quantitative estimate of drug-likeness (QED) is 0.823. The molecule has 7 heteroatoms. The first-order valence-corrected chi connectivity index (χ1v) is 10.4. The largest absolute Gasteiger partial charge is 0.352 e. The van der Waals surface area contributed by atoms with Crippen LogP contribution in [0, 0.1) is 11.8 Å². The molecule has 0 aliphatic carbocycles. The maximum absolute atomic E-state index is 12.9. The SMILES string of the molecule is O=C(NCc1cccnc1)C1CCN(C(=O)[C@@H]2CC(=O)N(c3ccccc3)C2)CC1. The predicted molar refractivity (Wildman–Crippen MR) is 112 cm³/mol. The Labute approximate surface area is 176 Å². The zero-order valence-corrected chi connectivity index (χ0v) is 16.9. The highest BCUT2D eigenvalue weighted by Gasteiger charge is 2.38. The third-order valence-electron chi connectivity index (χ3n) is 5.91. The predicted octanol–water partition coefficient (Wildman–Crippen LogP) is 1.99. The van der Waals surface area contributed by atoms with E-state index < -0.39 is 0 Å². The van der Waals surface area contributed by atoms with Gasteiger partial charge in [0, 0.05) is 56.6 Å². The van der Waals surface area contributed by atoms with E-state index in [-0.39, 0.29) is 36.0 Å². The zero-order valence-electron chi connectivity index (χ0n) is 16.9. The average molecular weight is 406 g/mol. The Morgan fingerprint density at radius 2 is 1.80 bits per heavy atom. The molecule has 1 N–H and O–H groups in total. The van der Waals surface area contributed by atoms with Gasteiger partial charge in [0.25, 0.3) is 0 Å². The highest BCUT2D eigenvalue weighted by molar-refractivity contribution is 6.00. The zero-order chi connectivity index (χ0) is 20.9. The number of hydrogen-bond acceptors (Lipinski definition) is 4. The first-order valence-electron chi connectivity index (χ1n) is 10.4. The molecule has 0 saturated carbocycles. The second kappa shape index (κ2) is 9.07. The smallest absolute Gasteiger partial charge is 0.228 e. The molecule has 1 aromatic carbocycles. The maximum atomic E-state index is 12.9. The van der Waals surface area contributed by atoms with Crippen molar-refractivity contribution >= 4 is 23.4 Å². The van der Waals surface area contributed by atoms with E-state index in [9.17, 15) is 14.4 Å². The number of pyridine rings is 1. The molecule has 0 spiro atoms. The highest BCUT2D eigenvalue weighted by Crippen LogP contribution is 2.27. The van der Waals surface area contributed by atoms with Crippen molar-refractivity contribution in [3.8, 4) is 0 Å². The Balaban J connectivity index is 1.26. The van der Waals surface area contributed by atoms with Gasteiger partial charge in [-0.1, -0.05) is 24.3 Å². The summed E-state index contributed by atoms with van der Waals surface area (Å²) in [6.07, 6.45) is 4.98. The lowest BCUT2D eigenvalue weighted by atomic mass is 9.94. The van der Waals surface area contributed by atoms with Crippen LogP contribution < -0.4 is 10.2 Å². The molecule has 1 aromatic heterocycles. The number of para-hydroxylation sites is 1. The normalized spacial score (nSPS) is 19.7. The molecule has 2 aliphatic rings. The van der Waals surface area contributed by atoms with Crippen LogP contribution in [0.1, 0.15) is 24.8 Å². The van der Waals surface area contributed by atoms with Crippen LogP contribution in [0.15, 0.2) is 54.9 Å². The molecule has 156 valence electrons. The van der Waals surface area contributed by atoms with Crippen molar-refractivity contribution in [3.05, 3.63) is 60.4 Å². The molecule has 1 atom stereocenters. The van der Waals surface area contributed by atoms with Crippen LogP contribution in [-0.4, -0.2) is 47.2 Å². The van der Waals surface area contributed by atoms with Gasteiger partial charge in [-0.2, -0.15) is 0 Å². The summed E-state index contributed by atoms with van der Waals surface area (Å²) >= 11 is 0. The van der Waals surface area contributed by atoms with Crippen molar-refractivity contribution in [1.29, 1.82) is 0 Å². The van der Waals surface area contributed by atoms with Crippen LogP contribution in [0.25, 0.3) is 0 Å². The van der Waals surface area contributed by atoms with Gasteiger partial charge in [0.05, 0.1) is 5.92 Å². The summed E-state index contributed by atoms with van der Waals surface area (Å²) in [4.78, 5) is 45.4. The highest BCUT2D eigenvalue weighted by atomic mass is 16.2. The molecule has 3 heterocycles. The minimum absolute atomic E-state index is 0.00999. The van der Waals surface area contributed by atoms with Crippen molar-refractivity contribution < 1.29 is 14.4 Å². The summed E-state index contributed by atoms with van der Waals surface area (Å²) in [7, 11) is 0. The number of benzene rings is 1. The van der Waals surface area contributed by atoms with Crippen molar-refractivity contribution in [2.75, 3.05) is 24.5 Å². The summed E-state index contributed by atoms with van der Waals surface area (Å²) in [5.74, 6) is -0.358. The van der Waals surface area contributed by atoms with Crippen LogP contribution >= 0.6 is 0 Å². The van der Waals surface area contributed by atoms with Crippen molar-refractivity contribution in [2.24, 2.45) is 11.8 Å². The Kier molecular flexibility index (Phi) is 6.07. The maximum Gasteiger partial charge on any atom is 0.228 e. The average Bonchev–Trinajstić information content (AvgIpc) is 3.20. The lowest BCUT2D eigenvalue weighted by molar-refractivity contribution is -0.139. The summed E-state index contributed by atoms with van der Waals surface area (Å²) < 4.78 is 0. The summed E-state index contributed by atoms with van der Waals surface area (Å²) in [6.45, 7) is 2.00. The Hall–Kier alpha value is -3.22. The Bertz CT molecular complexity index is 895. The standard InChI is InChI=1S/C23H26N4O3/c28-21-13-19(16-27(21)20-6-2-1-3-7-20)23(30)26-11-8-18(9-12-26)22(29)25-15-17-5-4-10-24-14-17/h1-7,10,14,18-19H,8-9,11-13,15-16H2,(H,25,29)/t19-/m1/s1. The molecule has 4 rings (SSSR count). The topological polar surface area (TPSA) is 82.6 Å². The fourth-order valence-electron chi connectivity index (χ4n) is 4.19. The summed E-state index contributed by atoms with van der Waals surface area (Å²) in [5.41, 5.74) is 1.80. The number of aromatic nitrogens is 1. The molecular formula is C23H26N4O3. The van der Waals surface area contributed by atoms with Gasteiger partial charge in [-0.3, -0.25) is 19.4 Å². The monoisotopic (exact) mass is 406 g/mol. The van der Waals surface area contributed by atoms with E-state index in [1.807, 2.05) is 47.4 Å². The van der Waals surface area contributed by atoms with Crippen LogP contribution in [0.5, 0.6) is 0 Å². The van der Waals surface area contributed by atoms with Gasteiger partial charge in [-0.05, 0) is 36.6 Å². The van der Waals surface area contributed by atoms with E-state index in [1.165, 1.54) is 0 Å². The molecule has 2 aromatic rings. The number of rotatable bonds is 5. The van der Waals surface area contributed by atoms with Gasteiger partial charge in [-0.25, -0.2) is 0 Å². The van der Waals surface area contributed by atoms with Crippen molar-refractivity contribution in [1.82, 2.24) is 15.2 Å². The van der Waals surface area contributed by atoms with E-state index in [4.69, 9.17) is 0 Å². The molecule has 0 bridgehead atoms. The number of anilines is 1. The molecule has 2 saturated heterocycles. The summed E-state index contributed by atoms with van der Waals surface area (Å²) in [6, 6.07) is 13.2. The molecule has 7 nitrogen and oxygen atoms in total. The number of nitrogens with zero attached hydrogens (tertiary/aromatic N) is 3. The number of piperidine rings is 1. The minimum Gasteiger partial charge on any atom is -0.352 e. The van der Waals surface area contributed by atoms with E-state index >= 15 is 0 Å². The molecule has 0 unspecified atom stereocenters. The van der Waals surface area contributed by atoms with Gasteiger partial charge < -0.3 is 15.1 Å². The third-order valence-corrected chi connectivity index (χ3v) is 5.91. The van der Waals surface area contributed by atoms with Crippen molar-refractivity contribution in [3.63, 3.8) is 0 Å². The number of hydrogen-bond donors (Lipinski definition) is 1. The molecule has 30 heavy (non-hydrogen) atoms. The molecule has 2 aliphatic heterocycles. The number of carbonyl (C=O) groups is 3. The fourth-order valence-corrected chi connectivity index (χ4v) is 4.19. The van der Waals surface area contributed by atoms with Gasteiger partial charge >= 0.3 is 0 Å². The summed E-state index contributed by atoms with van der Waals surface area (Å²) in [5, 5.41) is 2.96. The number of likely N-dealkylation sites (tertiary alicyclic amines) is 1. The number of carbonyl (C=O) groups excluding carboxylic acids is 3. The molecule has 3 amide bonds. The van der Waals surface area contributed by atoms with Gasteiger partial charge in [0.15, 0.2) is 0 Å². The van der Waals surface area contributed by atoms with E-state index in [1.54, 1.807) is 17.3 Å². The van der Waals surface area contributed by atoms with Gasteiger partial charge in [0.2, 0.25) is 17.7 Å². The molecular weight excluding hydrogens is 380 g/mol. The van der Waals surface area contributed by atoms with Gasteiger partial charge in [0.1, 0.15) is 0 Å². The van der Waals surface area contributed by atoms with Crippen LogP contribution in [-0.2, 0) is 20.9 Å². The Morgan fingerprint density at radius 3 is 2.50 bits per heavy atom. The van der Waals surface area contributed by atoms with Crippen LogP contribution in [0.3, 0.4) is 0 Å².